The lowest BCUT2D eigenvalue weighted by molar-refractivity contribution is -0.147. The third kappa shape index (κ3) is 3.09. The summed E-state index contributed by atoms with van der Waals surface area (Å²) in [5.41, 5.74) is 0. The SMILES string of the molecule is CC1CCCN(Cc2ccc(Br)s2)C1C(=O)O. The molecular weight excluding hydrogens is 302 g/mol. The summed E-state index contributed by atoms with van der Waals surface area (Å²) in [7, 11) is 0. The first kappa shape index (κ1) is 13.1. The molecule has 0 spiro atoms. The molecule has 1 aliphatic rings. The number of halogens is 1. The van der Waals surface area contributed by atoms with Gasteiger partial charge in [0.1, 0.15) is 6.04 Å². The van der Waals surface area contributed by atoms with E-state index < -0.39 is 5.97 Å². The van der Waals surface area contributed by atoms with E-state index in [-0.39, 0.29) is 12.0 Å². The average molecular weight is 318 g/mol. The highest BCUT2D eigenvalue weighted by atomic mass is 79.9. The number of carbonyl (C=O) groups is 1. The highest BCUT2D eigenvalue weighted by Gasteiger charge is 2.34. The first-order valence-electron chi connectivity index (χ1n) is 5.79. The van der Waals surface area contributed by atoms with Crippen LogP contribution in [0.1, 0.15) is 24.6 Å². The maximum atomic E-state index is 11.3. The Balaban J connectivity index is 2.09. The molecule has 0 aliphatic carbocycles. The largest absolute Gasteiger partial charge is 0.480 e. The van der Waals surface area contributed by atoms with E-state index in [1.165, 1.54) is 4.88 Å². The molecule has 2 atom stereocenters. The zero-order chi connectivity index (χ0) is 12.4. The molecule has 0 radical (unpaired) electrons. The molecule has 0 saturated carbocycles. The third-order valence-electron chi connectivity index (χ3n) is 3.28. The van der Waals surface area contributed by atoms with Gasteiger partial charge in [0.2, 0.25) is 0 Å². The normalized spacial score (nSPS) is 26.0. The molecule has 3 nitrogen and oxygen atoms in total. The van der Waals surface area contributed by atoms with E-state index in [2.05, 4.69) is 26.9 Å². The first-order valence-corrected chi connectivity index (χ1v) is 7.40. The number of piperidine rings is 1. The van der Waals surface area contributed by atoms with Crippen LogP contribution >= 0.6 is 27.3 Å². The Morgan fingerprint density at radius 2 is 2.41 bits per heavy atom. The number of carboxylic acids is 1. The van der Waals surface area contributed by atoms with Crippen molar-refractivity contribution in [2.24, 2.45) is 5.92 Å². The smallest absolute Gasteiger partial charge is 0.321 e. The Hall–Kier alpha value is -0.390. The molecule has 0 aromatic carbocycles. The number of thiophene rings is 1. The van der Waals surface area contributed by atoms with Crippen molar-refractivity contribution in [3.05, 3.63) is 20.8 Å². The lowest BCUT2D eigenvalue weighted by Gasteiger charge is -2.36. The molecule has 0 bridgehead atoms. The number of nitrogens with zero attached hydrogens (tertiary/aromatic N) is 1. The van der Waals surface area contributed by atoms with Crippen molar-refractivity contribution in [1.82, 2.24) is 4.90 Å². The molecular formula is C12H16BrNO2S. The van der Waals surface area contributed by atoms with Crippen molar-refractivity contribution >= 4 is 33.2 Å². The van der Waals surface area contributed by atoms with E-state index in [4.69, 9.17) is 0 Å². The van der Waals surface area contributed by atoms with E-state index in [9.17, 15) is 9.90 Å². The maximum Gasteiger partial charge on any atom is 0.321 e. The van der Waals surface area contributed by atoms with Crippen LogP contribution in [0.3, 0.4) is 0 Å². The lowest BCUT2D eigenvalue weighted by Crippen LogP contribution is -2.48. The molecule has 17 heavy (non-hydrogen) atoms. The van der Waals surface area contributed by atoms with Crippen molar-refractivity contribution in [2.75, 3.05) is 6.54 Å². The molecule has 5 heteroatoms. The average Bonchev–Trinajstić information content (AvgIpc) is 2.63. The minimum Gasteiger partial charge on any atom is -0.480 e. The highest BCUT2D eigenvalue weighted by Crippen LogP contribution is 2.28. The number of likely N-dealkylation sites (tertiary alicyclic amines) is 1. The van der Waals surface area contributed by atoms with Gasteiger partial charge in [0, 0.05) is 11.4 Å². The summed E-state index contributed by atoms with van der Waals surface area (Å²) in [6.45, 7) is 3.67. The van der Waals surface area contributed by atoms with E-state index >= 15 is 0 Å². The van der Waals surface area contributed by atoms with Crippen LogP contribution in [0, 0.1) is 5.92 Å². The van der Waals surface area contributed by atoms with Crippen molar-refractivity contribution in [3.8, 4) is 0 Å². The molecule has 1 N–H and O–H groups in total. The van der Waals surface area contributed by atoms with Crippen LogP contribution in [-0.2, 0) is 11.3 Å². The fourth-order valence-electron chi connectivity index (χ4n) is 2.49. The molecule has 1 saturated heterocycles. The third-order valence-corrected chi connectivity index (χ3v) is 4.89. The van der Waals surface area contributed by atoms with Crippen LogP contribution in [0.5, 0.6) is 0 Å². The predicted octanol–water partition coefficient (Wildman–Crippen LogP) is 3.20. The topological polar surface area (TPSA) is 40.5 Å². The van der Waals surface area contributed by atoms with Crippen LogP contribution in [0.4, 0.5) is 0 Å². The van der Waals surface area contributed by atoms with Gasteiger partial charge in [-0.1, -0.05) is 6.92 Å². The molecule has 2 rings (SSSR count). The maximum absolute atomic E-state index is 11.3. The molecule has 1 aromatic rings. The Morgan fingerprint density at radius 1 is 1.65 bits per heavy atom. The molecule has 2 unspecified atom stereocenters. The molecule has 94 valence electrons. The Labute approximate surface area is 114 Å². The fraction of sp³-hybridized carbons (Fsp3) is 0.583. The molecule has 1 fully saturated rings. The Kier molecular flexibility index (Phi) is 4.22. The van der Waals surface area contributed by atoms with Gasteiger partial charge in [-0.25, -0.2) is 0 Å². The Bertz CT molecular complexity index is 407. The standard InChI is InChI=1S/C12H16BrNO2S/c1-8-3-2-6-14(11(8)12(15)16)7-9-4-5-10(13)17-9/h4-5,8,11H,2-3,6-7H2,1H3,(H,15,16). The molecule has 2 heterocycles. The van der Waals surface area contributed by atoms with Gasteiger partial charge in [-0.2, -0.15) is 0 Å². The van der Waals surface area contributed by atoms with Gasteiger partial charge < -0.3 is 5.11 Å². The zero-order valence-corrected chi connectivity index (χ0v) is 12.1. The Morgan fingerprint density at radius 3 is 3.00 bits per heavy atom. The fourth-order valence-corrected chi connectivity index (χ4v) is 4.00. The quantitative estimate of drug-likeness (QED) is 0.930. The second-order valence-corrected chi connectivity index (χ2v) is 7.13. The first-order chi connectivity index (χ1) is 8.08. The van der Waals surface area contributed by atoms with Gasteiger partial charge in [-0.3, -0.25) is 9.69 Å². The number of hydrogen-bond donors (Lipinski definition) is 1. The highest BCUT2D eigenvalue weighted by molar-refractivity contribution is 9.11. The number of aliphatic carboxylic acids is 1. The summed E-state index contributed by atoms with van der Waals surface area (Å²) < 4.78 is 1.10. The van der Waals surface area contributed by atoms with E-state index in [0.717, 1.165) is 29.7 Å². The van der Waals surface area contributed by atoms with Gasteiger partial charge in [0.15, 0.2) is 0 Å². The molecule has 1 aromatic heterocycles. The summed E-state index contributed by atoms with van der Waals surface area (Å²) in [6, 6.07) is 3.75. The minimum atomic E-state index is -0.687. The van der Waals surface area contributed by atoms with Gasteiger partial charge >= 0.3 is 5.97 Å². The number of rotatable bonds is 3. The van der Waals surface area contributed by atoms with Gasteiger partial charge in [-0.05, 0) is 53.4 Å². The lowest BCUT2D eigenvalue weighted by atomic mass is 9.91. The van der Waals surface area contributed by atoms with E-state index in [0.29, 0.717) is 0 Å². The van der Waals surface area contributed by atoms with Crippen LogP contribution in [-0.4, -0.2) is 28.6 Å². The van der Waals surface area contributed by atoms with Crippen molar-refractivity contribution in [2.45, 2.75) is 32.4 Å². The predicted molar refractivity (Wildman–Crippen MR) is 72.3 cm³/mol. The van der Waals surface area contributed by atoms with E-state index in [1.54, 1.807) is 11.3 Å². The molecule has 1 aliphatic heterocycles. The second-order valence-electron chi connectivity index (χ2n) is 4.58. The number of hydrogen-bond acceptors (Lipinski definition) is 3. The van der Waals surface area contributed by atoms with E-state index in [1.807, 2.05) is 13.0 Å². The summed E-state index contributed by atoms with van der Waals surface area (Å²) in [6.07, 6.45) is 2.11. The summed E-state index contributed by atoms with van der Waals surface area (Å²) in [5.74, 6) is -0.447. The molecule has 0 amide bonds. The van der Waals surface area contributed by atoms with Crippen LogP contribution in [0.25, 0.3) is 0 Å². The van der Waals surface area contributed by atoms with Crippen molar-refractivity contribution < 1.29 is 9.90 Å². The second kappa shape index (κ2) is 5.50. The van der Waals surface area contributed by atoms with Gasteiger partial charge in [0.25, 0.3) is 0 Å². The van der Waals surface area contributed by atoms with Crippen molar-refractivity contribution in [1.29, 1.82) is 0 Å². The monoisotopic (exact) mass is 317 g/mol. The summed E-state index contributed by atoms with van der Waals surface area (Å²) in [4.78, 5) is 14.6. The van der Waals surface area contributed by atoms with Crippen LogP contribution in [0.15, 0.2) is 15.9 Å². The minimum absolute atomic E-state index is 0.240. The summed E-state index contributed by atoms with van der Waals surface area (Å²) >= 11 is 5.11. The number of carboxylic acid groups (broad SMARTS) is 1. The van der Waals surface area contributed by atoms with Gasteiger partial charge in [-0.15, -0.1) is 11.3 Å². The zero-order valence-electron chi connectivity index (χ0n) is 9.73. The van der Waals surface area contributed by atoms with Crippen molar-refractivity contribution in [3.63, 3.8) is 0 Å². The van der Waals surface area contributed by atoms with Crippen LogP contribution < -0.4 is 0 Å². The summed E-state index contributed by atoms with van der Waals surface area (Å²) in [5, 5.41) is 9.31. The van der Waals surface area contributed by atoms with Gasteiger partial charge in [0.05, 0.1) is 3.79 Å². The van der Waals surface area contributed by atoms with Crippen LogP contribution in [0.2, 0.25) is 0 Å².